The van der Waals surface area contributed by atoms with Crippen molar-refractivity contribution in [3.63, 3.8) is 0 Å². The van der Waals surface area contributed by atoms with Crippen LogP contribution in [0.2, 0.25) is 5.02 Å². The molecule has 116 valence electrons. The predicted octanol–water partition coefficient (Wildman–Crippen LogP) is 1.60. The lowest BCUT2D eigenvalue weighted by Crippen LogP contribution is -2.41. The van der Waals surface area contributed by atoms with Crippen LogP contribution in [-0.2, 0) is 16.1 Å². The number of aryl methyl sites for hydroxylation is 1. The molecule has 0 aliphatic rings. The summed E-state index contributed by atoms with van der Waals surface area (Å²) in [6.45, 7) is 2.35. The van der Waals surface area contributed by atoms with E-state index in [2.05, 4.69) is 5.32 Å². The Kier molecular flexibility index (Phi) is 6.23. The van der Waals surface area contributed by atoms with Crippen molar-refractivity contribution in [2.75, 3.05) is 0 Å². The summed E-state index contributed by atoms with van der Waals surface area (Å²) >= 11 is 5.82. The molecule has 1 aromatic rings. The minimum atomic E-state index is -1.20. The molecule has 8 heteroatoms. The van der Waals surface area contributed by atoms with Gasteiger partial charge in [0.1, 0.15) is 11.7 Å². The Labute approximate surface area is 126 Å². The zero-order chi connectivity index (χ0) is 16.0. The van der Waals surface area contributed by atoms with Crippen LogP contribution in [0.3, 0.4) is 0 Å². The molecule has 1 amide bonds. The molecule has 21 heavy (non-hydrogen) atoms. The molecular weight excluding hydrogens is 300 g/mol. The number of aliphatic carboxylic acids is 2. The van der Waals surface area contributed by atoms with Gasteiger partial charge in [0.15, 0.2) is 0 Å². The van der Waals surface area contributed by atoms with E-state index in [1.807, 2.05) is 6.92 Å². The molecule has 0 aliphatic carbocycles. The summed E-state index contributed by atoms with van der Waals surface area (Å²) in [5.41, 5.74) is 0.270. The molecule has 0 fully saturated rings. The second-order valence-corrected chi connectivity index (χ2v) is 4.92. The van der Waals surface area contributed by atoms with Crippen LogP contribution >= 0.6 is 11.6 Å². The quantitative estimate of drug-likeness (QED) is 0.675. The predicted molar refractivity (Wildman–Crippen MR) is 75.5 cm³/mol. The van der Waals surface area contributed by atoms with E-state index >= 15 is 0 Å². The molecule has 0 unspecified atom stereocenters. The standard InChI is InChI=1S/C13H17ClN2O5/c1-2-16-7-8(14)6-10(16)12(19)15-9(13(20)21)4-3-5-11(17)18/h6-7,9H,2-5H2,1H3,(H,15,19)(H,17,18)(H,20,21)/t9-/m1/s1. The number of nitrogens with zero attached hydrogens (tertiary/aromatic N) is 1. The van der Waals surface area contributed by atoms with Gasteiger partial charge in [0.25, 0.3) is 5.91 Å². The van der Waals surface area contributed by atoms with E-state index in [4.69, 9.17) is 21.8 Å². The Hall–Kier alpha value is -2.02. The van der Waals surface area contributed by atoms with E-state index in [0.29, 0.717) is 11.6 Å². The number of aromatic nitrogens is 1. The number of carbonyl (C=O) groups is 3. The number of rotatable bonds is 8. The molecule has 0 saturated heterocycles. The lowest BCUT2D eigenvalue weighted by atomic mass is 10.1. The number of nitrogens with one attached hydrogen (secondary N) is 1. The highest BCUT2D eigenvalue weighted by atomic mass is 35.5. The third-order valence-corrected chi connectivity index (χ3v) is 3.13. The summed E-state index contributed by atoms with van der Waals surface area (Å²) in [4.78, 5) is 33.6. The van der Waals surface area contributed by atoms with Crippen LogP contribution in [0.5, 0.6) is 0 Å². The van der Waals surface area contributed by atoms with Gasteiger partial charge in [0, 0.05) is 19.2 Å². The van der Waals surface area contributed by atoms with Crippen LogP contribution in [0.1, 0.15) is 36.7 Å². The van der Waals surface area contributed by atoms with E-state index in [1.54, 1.807) is 10.8 Å². The van der Waals surface area contributed by atoms with Crippen molar-refractivity contribution in [1.29, 1.82) is 0 Å². The third kappa shape index (κ3) is 5.11. The summed E-state index contributed by atoms with van der Waals surface area (Å²) in [7, 11) is 0. The van der Waals surface area contributed by atoms with E-state index < -0.39 is 23.9 Å². The molecule has 0 aliphatic heterocycles. The molecule has 1 atom stereocenters. The summed E-state index contributed by atoms with van der Waals surface area (Å²) in [6.07, 6.45) is 1.66. The molecule has 7 nitrogen and oxygen atoms in total. The fourth-order valence-corrected chi connectivity index (χ4v) is 2.09. The van der Waals surface area contributed by atoms with Gasteiger partial charge in [0.05, 0.1) is 5.02 Å². The van der Waals surface area contributed by atoms with Crippen LogP contribution in [-0.4, -0.2) is 38.7 Å². The normalized spacial score (nSPS) is 11.9. The molecule has 0 aromatic carbocycles. The fraction of sp³-hybridized carbons (Fsp3) is 0.462. The van der Waals surface area contributed by atoms with E-state index in [9.17, 15) is 14.4 Å². The van der Waals surface area contributed by atoms with Gasteiger partial charge in [-0.3, -0.25) is 9.59 Å². The molecule has 0 bridgehead atoms. The highest BCUT2D eigenvalue weighted by molar-refractivity contribution is 6.31. The van der Waals surface area contributed by atoms with Crippen molar-refractivity contribution in [2.45, 2.75) is 38.8 Å². The van der Waals surface area contributed by atoms with Gasteiger partial charge >= 0.3 is 11.9 Å². The summed E-state index contributed by atoms with van der Waals surface area (Å²) < 4.78 is 1.60. The van der Waals surface area contributed by atoms with Crippen molar-refractivity contribution < 1.29 is 24.6 Å². The Morgan fingerprint density at radius 2 is 2.05 bits per heavy atom. The van der Waals surface area contributed by atoms with Crippen LogP contribution < -0.4 is 5.32 Å². The maximum atomic E-state index is 12.1. The minimum Gasteiger partial charge on any atom is -0.481 e. The van der Waals surface area contributed by atoms with Crippen molar-refractivity contribution in [2.24, 2.45) is 0 Å². The van der Waals surface area contributed by atoms with Crippen LogP contribution in [0.25, 0.3) is 0 Å². The Bertz CT molecular complexity index is 541. The van der Waals surface area contributed by atoms with Gasteiger partial charge in [-0.1, -0.05) is 11.6 Å². The number of amides is 1. The molecule has 0 spiro atoms. The number of carboxylic acids is 2. The average Bonchev–Trinajstić information content (AvgIpc) is 2.78. The Morgan fingerprint density at radius 3 is 2.57 bits per heavy atom. The largest absolute Gasteiger partial charge is 0.481 e. The van der Waals surface area contributed by atoms with Crippen LogP contribution in [0.4, 0.5) is 0 Å². The average molecular weight is 317 g/mol. The zero-order valence-electron chi connectivity index (χ0n) is 11.5. The Balaban J connectivity index is 2.71. The summed E-state index contributed by atoms with van der Waals surface area (Å²) in [5.74, 6) is -2.75. The first-order valence-corrected chi connectivity index (χ1v) is 6.84. The Morgan fingerprint density at radius 1 is 1.38 bits per heavy atom. The number of hydrogen-bond acceptors (Lipinski definition) is 3. The minimum absolute atomic E-state index is 0.0495. The van der Waals surface area contributed by atoms with Gasteiger partial charge in [-0.15, -0.1) is 0 Å². The molecule has 1 rings (SSSR count). The van der Waals surface area contributed by atoms with Crippen molar-refractivity contribution in [1.82, 2.24) is 9.88 Å². The fourth-order valence-electron chi connectivity index (χ4n) is 1.87. The van der Waals surface area contributed by atoms with Gasteiger partial charge in [-0.05, 0) is 25.8 Å². The molecule has 1 heterocycles. The monoisotopic (exact) mass is 316 g/mol. The third-order valence-electron chi connectivity index (χ3n) is 2.92. The van der Waals surface area contributed by atoms with Crippen molar-refractivity contribution in [3.05, 3.63) is 23.0 Å². The smallest absolute Gasteiger partial charge is 0.326 e. The lowest BCUT2D eigenvalue weighted by Gasteiger charge is -2.14. The van der Waals surface area contributed by atoms with Crippen LogP contribution in [0, 0.1) is 0 Å². The topological polar surface area (TPSA) is 109 Å². The maximum absolute atomic E-state index is 12.1. The number of hydrogen-bond donors (Lipinski definition) is 3. The van der Waals surface area contributed by atoms with Gasteiger partial charge in [-0.2, -0.15) is 0 Å². The summed E-state index contributed by atoms with van der Waals surface area (Å²) in [5, 5.41) is 20.4. The molecule has 0 radical (unpaired) electrons. The first-order valence-electron chi connectivity index (χ1n) is 6.46. The zero-order valence-corrected chi connectivity index (χ0v) is 12.3. The van der Waals surface area contributed by atoms with Crippen molar-refractivity contribution >= 4 is 29.4 Å². The van der Waals surface area contributed by atoms with Gasteiger partial charge in [-0.25, -0.2) is 4.79 Å². The lowest BCUT2D eigenvalue weighted by molar-refractivity contribution is -0.140. The second kappa shape index (κ2) is 7.68. The van der Waals surface area contributed by atoms with E-state index in [0.717, 1.165) is 0 Å². The maximum Gasteiger partial charge on any atom is 0.326 e. The van der Waals surface area contributed by atoms with Gasteiger partial charge in [0.2, 0.25) is 0 Å². The van der Waals surface area contributed by atoms with E-state index in [1.165, 1.54) is 6.07 Å². The molecule has 0 saturated carbocycles. The number of carboxylic acid groups (broad SMARTS) is 2. The number of halogens is 1. The molecule has 3 N–H and O–H groups in total. The van der Waals surface area contributed by atoms with Gasteiger partial charge < -0.3 is 20.1 Å². The van der Waals surface area contributed by atoms with E-state index in [-0.39, 0.29) is 25.0 Å². The van der Waals surface area contributed by atoms with Crippen LogP contribution in [0.15, 0.2) is 12.3 Å². The number of carbonyl (C=O) groups excluding carboxylic acids is 1. The highest BCUT2D eigenvalue weighted by Crippen LogP contribution is 2.14. The van der Waals surface area contributed by atoms with Crippen molar-refractivity contribution in [3.8, 4) is 0 Å². The first kappa shape index (κ1) is 17.0. The molecule has 1 aromatic heterocycles. The SMILES string of the molecule is CCn1cc(Cl)cc1C(=O)N[C@H](CCCC(=O)O)C(=O)O. The summed E-state index contributed by atoms with van der Waals surface area (Å²) in [6, 6.07) is 0.326. The highest BCUT2D eigenvalue weighted by Gasteiger charge is 2.22. The second-order valence-electron chi connectivity index (χ2n) is 4.48. The molecular formula is C13H17ClN2O5. The first-order chi connectivity index (χ1) is 9.85.